The number of likely N-dealkylation sites (tertiary alicyclic amines) is 1. The molecule has 0 radical (unpaired) electrons. The molecule has 1 fully saturated rings. The summed E-state index contributed by atoms with van der Waals surface area (Å²) in [6.45, 7) is 0.803. The molecule has 1 atom stereocenters. The van der Waals surface area contributed by atoms with E-state index in [2.05, 4.69) is 0 Å². The fraction of sp³-hybridized carbons (Fsp3) is 0.344. The molecule has 222 valence electrons. The fourth-order valence-corrected chi connectivity index (χ4v) is 4.92. The Morgan fingerprint density at radius 3 is 2.00 bits per heavy atom. The summed E-state index contributed by atoms with van der Waals surface area (Å²) < 4.78 is 33.2. The predicted octanol–water partition coefficient (Wildman–Crippen LogP) is 5.24. The van der Waals surface area contributed by atoms with Crippen molar-refractivity contribution in [3.8, 4) is 23.0 Å². The van der Waals surface area contributed by atoms with Crippen LogP contribution in [-0.4, -0.2) is 64.3 Å². The molecular weight excluding hydrogens is 542 g/mol. The number of carbonyl (C=O) groups excluding carboxylic acids is 3. The standard InChI is InChI=1S/C32H35NO9/c1-37-25-14-8-12-23(28(25)39-3)27(34)30(24-13-9-15-26(38-2)29(24)40-4)42-31(35)22-16-18-33(19-17-22)32(36)41-20-21-10-6-5-7-11-21/h5-15,22,30H,16-20H2,1-4H3. The summed E-state index contributed by atoms with van der Waals surface area (Å²) in [5.41, 5.74) is 1.39. The molecule has 1 saturated heterocycles. The van der Waals surface area contributed by atoms with Crippen molar-refractivity contribution in [2.75, 3.05) is 41.5 Å². The lowest BCUT2D eigenvalue weighted by molar-refractivity contribution is -0.154. The van der Waals surface area contributed by atoms with E-state index >= 15 is 0 Å². The van der Waals surface area contributed by atoms with Crippen LogP contribution in [0, 0.1) is 5.92 Å². The van der Waals surface area contributed by atoms with Gasteiger partial charge in [0.1, 0.15) is 6.61 Å². The lowest BCUT2D eigenvalue weighted by atomic mass is 9.95. The number of rotatable bonds is 11. The maximum Gasteiger partial charge on any atom is 0.410 e. The smallest absolute Gasteiger partial charge is 0.410 e. The van der Waals surface area contributed by atoms with Gasteiger partial charge in [-0.05, 0) is 36.6 Å². The Labute approximate surface area is 245 Å². The van der Waals surface area contributed by atoms with Gasteiger partial charge in [0.15, 0.2) is 29.1 Å². The lowest BCUT2D eigenvalue weighted by Crippen LogP contribution is -2.41. The van der Waals surface area contributed by atoms with Crippen LogP contribution in [0.4, 0.5) is 4.79 Å². The zero-order valence-electron chi connectivity index (χ0n) is 24.2. The molecule has 0 saturated carbocycles. The van der Waals surface area contributed by atoms with E-state index in [-0.39, 0.29) is 23.7 Å². The largest absolute Gasteiger partial charge is 0.493 e. The lowest BCUT2D eigenvalue weighted by Gasteiger charge is -2.31. The van der Waals surface area contributed by atoms with Crippen LogP contribution in [0.25, 0.3) is 0 Å². The molecule has 10 nitrogen and oxygen atoms in total. The minimum absolute atomic E-state index is 0.168. The maximum atomic E-state index is 14.0. The first kappa shape index (κ1) is 30.2. The summed E-state index contributed by atoms with van der Waals surface area (Å²) in [5, 5.41) is 0. The highest BCUT2D eigenvalue weighted by atomic mass is 16.6. The van der Waals surface area contributed by atoms with Crippen molar-refractivity contribution in [2.45, 2.75) is 25.6 Å². The van der Waals surface area contributed by atoms with Crippen LogP contribution in [0.5, 0.6) is 23.0 Å². The molecule has 0 aromatic heterocycles. The van der Waals surface area contributed by atoms with Crippen LogP contribution in [0.3, 0.4) is 0 Å². The minimum Gasteiger partial charge on any atom is -0.493 e. The number of methoxy groups -OCH3 is 4. The second-order valence-electron chi connectivity index (χ2n) is 9.61. The van der Waals surface area contributed by atoms with Crippen LogP contribution < -0.4 is 18.9 Å². The van der Waals surface area contributed by atoms with Crippen molar-refractivity contribution in [2.24, 2.45) is 5.92 Å². The molecule has 1 heterocycles. The quantitative estimate of drug-likeness (QED) is 0.223. The second-order valence-corrected chi connectivity index (χ2v) is 9.61. The summed E-state index contributed by atoms with van der Waals surface area (Å²) in [5.74, 6) is -0.382. The Morgan fingerprint density at radius 1 is 0.762 bits per heavy atom. The molecule has 10 heteroatoms. The number of esters is 1. The van der Waals surface area contributed by atoms with Gasteiger partial charge >= 0.3 is 12.1 Å². The number of nitrogens with zero attached hydrogens (tertiary/aromatic N) is 1. The van der Waals surface area contributed by atoms with Gasteiger partial charge in [0.2, 0.25) is 5.78 Å². The van der Waals surface area contributed by atoms with E-state index in [0.717, 1.165) is 5.56 Å². The molecule has 42 heavy (non-hydrogen) atoms. The summed E-state index contributed by atoms with van der Waals surface area (Å²) >= 11 is 0. The Balaban J connectivity index is 1.52. The van der Waals surface area contributed by atoms with Crippen molar-refractivity contribution in [1.29, 1.82) is 0 Å². The molecule has 1 unspecified atom stereocenters. The number of hydrogen-bond donors (Lipinski definition) is 0. The zero-order chi connectivity index (χ0) is 30.1. The molecule has 4 rings (SSSR count). The van der Waals surface area contributed by atoms with Crippen molar-refractivity contribution < 1.29 is 42.8 Å². The first-order chi connectivity index (χ1) is 20.4. The van der Waals surface area contributed by atoms with Crippen LogP contribution in [-0.2, 0) is 20.9 Å². The third-order valence-corrected chi connectivity index (χ3v) is 7.15. The number of amides is 1. The highest BCUT2D eigenvalue weighted by Gasteiger charge is 2.36. The monoisotopic (exact) mass is 577 g/mol. The Kier molecular flexibility index (Phi) is 10.3. The third-order valence-electron chi connectivity index (χ3n) is 7.15. The first-order valence-corrected chi connectivity index (χ1v) is 13.5. The molecule has 0 aliphatic carbocycles. The Bertz CT molecular complexity index is 1380. The predicted molar refractivity (Wildman–Crippen MR) is 153 cm³/mol. The van der Waals surface area contributed by atoms with E-state index in [9.17, 15) is 14.4 Å². The molecule has 0 N–H and O–H groups in total. The topological polar surface area (TPSA) is 110 Å². The van der Waals surface area contributed by atoms with Crippen LogP contribution in [0.2, 0.25) is 0 Å². The molecule has 0 spiro atoms. The van der Waals surface area contributed by atoms with Crippen LogP contribution >= 0.6 is 0 Å². The van der Waals surface area contributed by atoms with Gasteiger partial charge in [-0.25, -0.2) is 4.79 Å². The summed E-state index contributed by atoms with van der Waals surface area (Å²) in [4.78, 5) is 41.7. The van der Waals surface area contributed by atoms with E-state index in [0.29, 0.717) is 43.0 Å². The summed E-state index contributed by atoms with van der Waals surface area (Å²) in [7, 11) is 5.83. The summed E-state index contributed by atoms with van der Waals surface area (Å²) in [6, 6.07) is 19.3. The van der Waals surface area contributed by atoms with Gasteiger partial charge in [0, 0.05) is 18.7 Å². The average molecular weight is 578 g/mol. The molecule has 1 amide bonds. The Morgan fingerprint density at radius 2 is 1.38 bits per heavy atom. The van der Waals surface area contributed by atoms with Crippen LogP contribution in [0.15, 0.2) is 66.7 Å². The fourth-order valence-electron chi connectivity index (χ4n) is 4.92. The van der Waals surface area contributed by atoms with Crippen molar-refractivity contribution in [3.05, 3.63) is 83.4 Å². The number of ketones is 1. The summed E-state index contributed by atoms with van der Waals surface area (Å²) in [6.07, 6.45) is -1.09. The number of ether oxygens (including phenoxy) is 6. The second kappa shape index (κ2) is 14.2. The van der Waals surface area contributed by atoms with E-state index in [4.69, 9.17) is 28.4 Å². The average Bonchev–Trinajstić information content (AvgIpc) is 3.05. The van der Waals surface area contributed by atoms with E-state index in [1.165, 1.54) is 28.4 Å². The van der Waals surface area contributed by atoms with Crippen LogP contribution in [0.1, 0.15) is 40.4 Å². The van der Waals surface area contributed by atoms with Gasteiger partial charge in [-0.15, -0.1) is 0 Å². The minimum atomic E-state index is -1.36. The number of para-hydroxylation sites is 2. The number of piperidine rings is 1. The molecule has 0 bridgehead atoms. The third kappa shape index (κ3) is 6.76. The maximum absolute atomic E-state index is 14.0. The van der Waals surface area contributed by atoms with Crippen molar-refractivity contribution >= 4 is 17.8 Å². The van der Waals surface area contributed by atoms with Crippen molar-refractivity contribution in [3.63, 3.8) is 0 Å². The number of hydrogen-bond acceptors (Lipinski definition) is 9. The van der Waals surface area contributed by atoms with Gasteiger partial charge in [-0.1, -0.05) is 48.5 Å². The molecule has 1 aliphatic heterocycles. The zero-order valence-corrected chi connectivity index (χ0v) is 24.2. The van der Waals surface area contributed by atoms with E-state index in [1.807, 2.05) is 30.3 Å². The molecule has 3 aromatic rings. The van der Waals surface area contributed by atoms with Gasteiger partial charge < -0.3 is 33.3 Å². The number of carbonyl (C=O) groups is 3. The SMILES string of the molecule is COc1cccc(C(=O)C(OC(=O)C2CCN(C(=O)OCc3ccccc3)CC2)c2cccc(OC)c2OC)c1OC. The van der Waals surface area contributed by atoms with Gasteiger partial charge in [-0.2, -0.15) is 0 Å². The van der Waals surface area contributed by atoms with Gasteiger partial charge in [0.25, 0.3) is 0 Å². The first-order valence-electron chi connectivity index (χ1n) is 13.5. The molecular formula is C32H35NO9. The highest BCUT2D eigenvalue weighted by Crippen LogP contribution is 2.41. The number of benzene rings is 3. The molecule has 3 aromatic carbocycles. The van der Waals surface area contributed by atoms with Gasteiger partial charge in [0.05, 0.1) is 39.9 Å². The van der Waals surface area contributed by atoms with E-state index in [1.54, 1.807) is 41.3 Å². The normalized spacial score (nSPS) is 14.0. The number of Topliss-reactive ketones (excluding diaryl/α,β-unsaturated/α-hetero) is 1. The van der Waals surface area contributed by atoms with Gasteiger partial charge in [-0.3, -0.25) is 9.59 Å². The Hall–Kier alpha value is -4.73. The highest BCUT2D eigenvalue weighted by molar-refractivity contribution is 6.04. The van der Waals surface area contributed by atoms with Crippen molar-refractivity contribution in [1.82, 2.24) is 4.90 Å². The van der Waals surface area contributed by atoms with E-state index < -0.39 is 29.9 Å². The molecule has 1 aliphatic rings.